The lowest BCUT2D eigenvalue weighted by Crippen LogP contribution is -2.35. The number of hydrogen-bond acceptors (Lipinski definition) is 4. The van der Waals surface area contributed by atoms with Gasteiger partial charge in [0.05, 0.1) is 18.8 Å². The van der Waals surface area contributed by atoms with Crippen LogP contribution in [0.5, 0.6) is 11.5 Å². The number of hydrogen-bond donors (Lipinski definition) is 0. The summed E-state index contributed by atoms with van der Waals surface area (Å²) in [7, 11) is 0. The van der Waals surface area contributed by atoms with Gasteiger partial charge in [-0.25, -0.2) is 4.39 Å². The zero-order chi connectivity index (χ0) is 17.9. The van der Waals surface area contributed by atoms with Crippen molar-refractivity contribution in [3.63, 3.8) is 0 Å². The Morgan fingerprint density at radius 1 is 1.08 bits per heavy atom. The van der Waals surface area contributed by atoms with Crippen LogP contribution in [-0.4, -0.2) is 31.2 Å². The quantitative estimate of drug-likeness (QED) is 0.839. The van der Waals surface area contributed by atoms with Crippen LogP contribution in [0, 0.1) is 17.1 Å². The summed E-state index contributed by atoms with van der Waals surface area (Å²) in [5, 5.41) is 9.54. The third kappa shape index (κ3) is 3.44. The van der Waals surface area contributed by atoms with Gasteiger partial charge >= 0.3 is 0 Å². The van der Waals surface area contributed by atoms with Gasteiger partial charge in [0.15, 0.2) is 0 Å². The van der Waals surface area contributed by atoms with E-state index in [-0.39, 0.29) is 5.82 Å². The number of rotatable bonds is 4. The molecule has 0 radical (unpaired) electrons. The van der Waals surface area contributed by atoms with Crippen molar-refractivity contribution >= 4 is 0 Å². The fourth-order valence-electron chi connectivity index (χ4n) is 3.71. The van der Waals surface area contributed by atoms with Crippen LogP contribution in [-0.2, 0) is 24.1 Å². The van der Waals surface area contributed by atoms with E-state index in [4.69, 9.17) is 9.47 Å². The largest absolute Gasteiger partial charge is 0.456 e. The molecule has 0 atom stereocenters. The van der Waals surface area contributed by atoms with E-state index in [0.717, 1.165) is 68.8 Å². The van der Waals surface area contributed by atoms with Gasteiger partial charge in [0.25, 0.3) is 0 Å². The first-order chi connectivity index (χ1) is 12.7. The summed E-state index contributed by atoms with van der Waals surface area (Å²) in [4.78, 5) is 2.31. The lowest BCUT2D eigenvalue weighted by molar-refractivity contribution is 0.0342. The van der Waals surface area contributed by atoms with Gasteiger partial charge in [-0.1, -0.05) is 6.07 Å². The van der Waals surface area contributed by atoms with Gasteiger partial charge in [0, 0.05) is 25.2 Å². The standard InChI is InChI=1S/C21H21FN2O2/c22-19-5-7-21(18-3-1-2-17(18)19)26-20-6-4-15(12-16(20)13-23)14-24-8-10-25-11-9-24/h4-7,12H,1-3,8-11,14H2. The van der Waals surface area contributed by atoms with Crippen molar-refractivity contribution in [3.05, 3.63) is 58.4 Å². The molecule has 1 saturated heterocycles. The van der Waals surface area contributed by atoms with Crippen molar-refractivity contribution < 1.29 is 13.9 Å². The van der Waals surface area contributed by atoms with Crippen molar-refractivity contribution in [3.8, 4) is 17.6 Å². The summed E-state index contributed by atoms with van der Waals surface area (Å²) in [6.07, 6.45) is 2.51. The molecule has 2 aliphatic rings. The van der Waals surface area contributed by atoms with E-state index in [0.29, 0.717) is 17.1 Å². The second-order valence-electron chi connectivity index (χ2n) is 6.79. The molecule has 5 heteroatoms. The van der Waals surface area contributed by atoms with E-state index < -0.39 is 0 Å². The van der Waals surface area contributed by atoms with E-state index in [1.54, 1.807) is 6.07 Å². The Kier molecular flexibility index (Phi) is 4.87. The molecule has 2 aromatic rings. The van der Waals surface area contributed by atoms with Gasteiger partial charge in [-0.2, -0.15) is 5.26 Å². The summed E-state index contributed by atoms with van der Waals surface area (Å²) in [5.41, 5.74) is 3.28. The molecular weight excluding hydrogens is 331 g/mol. The van der Waals surface area contributed by atoms with Crippen LogP contribution in [0.25, 0.3) is 0 Å². The van der Waals surface area contributed by atoms with Crippen LogP contribution in [0.2, 0.25) is 0 Å². The highest BCUT2D eigenvalue weighted by Gasteiger charge is 2.21. The zero-order valence-electron chi connectivity index (χ0n) is 14.6. The molecule has 0 bridgehead atoms. The Morgan fingerprint density at radius 2 is 1.85 bits per heavy atom. The molecule has 0 aromatic heterocycles. The number of halogens is 1. The minimum atomic E-state index is -0.161. The lowest BCUT2D eigenvalue weighted by atomic mass is 10.1. The molecule has 1 fully saturated rings. The van der Waals surface area contributed by atoms with Crippen LogP contribution in [0.15, 0.2) is 30.3 Å². The highest BCUT2D eigenvalue weighted by molar-refractivity contribution is 5.51. The first-order valence-electron chi connectivity index (χ1n) is 9.06. The van der Waals surface area contributed by atoms with E-state index >= 15 is 0 Å². The average Bonchev–Trinajstić information content (AvgIpc) is 3.17. The maximum absolute atomic E-state index is 13.9. The molecule has 0 saturated carbocycles. The summed E-state index contributed by atoms with van der Waals surface area (Å²) in [6.45, 7) is 4.11. The molecule has 1 aliphatic carbocycles. The topological polar surface area (TPSA) is 45.5 Å². The molecule has 2 aromatic carbocycles. The fourth-order valence-corrected chi connectivity index (χ4v) is 3.71. The molecular formula is C21H21FN2O2. The zero-order valence-corrected chi connectivity index (χ0v) is 14.6. The van der Waals surface area contributed by atoms with Gasteiger partial charge in [-0.05, 0) is 54.7 Å². The van der Waals surface area contributed by atoms with Crippen LogP contribution in [0.3, 0.4) is 0 Å². The van der Waals surface area contributed by atoms with Gasteiger partial charge in [-0.15, -0.1) is 0 Å². The smallest absolute Gasteiger partial charge is 0.145 e. The van der Waals surface area contributed by atoms with Gasteiger partial charge in [-0.3, -0.25) is 4.90 Å². The average molecular weight is 352 g/mol. The van der Waals surface area contributed by atoms with Crippen molar-refractivity contribution in [1.82, 2.24) is 4.90 Å². The summed E-state index contributed by atoms with van der Waals surface area (Å²) >= 11 is 0. The molecule has 134 valence electrons. The Hall–Kier alpha value is -2.42. The number of nitriles is 1. The summed E-state index contributed by atoms with van der Waals surface area (Å²) in [5.74, 6) is 1.03. The highest BCUT2D eigenvalue weighted by atomic mass is 19.1. The molecule has 1 aliphatic heterocycles. The normalized spacial score (nSPS) is 16.9. The summed E-state index contributed by atoms with van der Waals surface area (Å²) < 4.78 is 25.3. The monoisotopic (exact) mass is 352 g/mol. The molecule has 26 heavy (non-hydrogen) atoms. The number of morpholine rings is 1. The van der Waals surface area contributed by atoms with Crippen LogP contribution >= 0.6 is 0 Å². The van der Waals surface area contributed by atoms with E-state index in [1.165, 1.54) is 6.07 Å². The number of benzene rings is 2. The minimum Gasteiger partial charge on any atom is -0.456 e. The Bertz CT molecular complexity index is 854. The number of fused-ring (bicyclic) bond motifs is 1. The maximum Gasteiger partial charge on any atom is 0.145 e. The molecule has 0 spiro atoms. The van der Waals surface area contributed by atoms with E-state index in [9.17, 15) is 9.65 Å². The summed E-state index contributed by atoms with van der Waals surface area (Å²) in [6, 6.07) is 11.1. The second-order valence-corrected chi connectivity index (χ2v) is 6.79. The maximum atomic E-state index is 13.9. The Labute approximate surface area is 152 Å². The molecule has 0 amide bonds. The molecule has 4 rings (SSSR count). The van der Waals surface area contributed by atoms with E-state index in [1.807, 2.05) is 18.2 Å². The fraction of sp³-hybridized carbons (Fsp3) is 0.381. The first-order valence-corrected chi connectivity index (χ1v) is 9.06. The molecule has 0 N–H and O–H groups in total. The van der Waals surface area contributed by atoms with Crippen LogP contribution < -0.4 is 4.74 Å². The van der Waals surface area contributed by atoms with Crippen molar-refractivity contribution in [2.24, 2.45) is 0 Å². The molecule has 0 unspecified atom stereocenters. The highest BCUT2D eigenvalue weighted by Crippen LogP contribution is 2.36. The third-order valence-corrected chi connectivity index (χ3v) is 5.08. The lowest BCUT2D eigenvalue weighted by Gasteiger charge is -2.26. The third-order valence-electron chi connectivity index (χ3n) is 5.08. The molecule has 1 heterocycles. The van der Waals surface area contributed by atoms with Crippen molar-refractivity contribution in [1.29, 1.82) is 5.26 Å². The van der Waals surface area contributed by atoms with Gasteiger partial charge < -0.3 is 9.47 Å². The predicted octanol–water partition coefficient (Wildman–Crippen LogP) is 3.81. The van der Waals surface area contributed by atoms with E-state index in [2.05, 4.69) is 11.0 Å². The number of nitrogens with zero attached hydrogens (tertiary/aromatic N) is 2. The van der Waals surface area contributed by atoms with Gasteiger partial charge in [0.2, 0.25) is 0 Å². The SMILES string of the molecule is N#Cc1cc(CN2CCOCC2)ccc1Oc1ccc(F)c2c1CCC2. The van der Waals surface area contributed by atoms with Crippen LogP contribution in [0.4, 0.5) is 4.39 Å². The Balaban J connectivity index is 1.56. The van der Waals surface area contributed by atoms with Crippen LogP contribution in [0.1, 0.15) is 28.7 Å². The Morgan fingerprint density at radius 3 is 2.65 bits per heavy atom. The van der Waals surface area contributed by atoms with Crippen molar-refractivity contribution in [2.45, 2.75) is 25.8 Å². The minimum absolute atomic E-state index is 0.161. The first kappa shape index (κ1) is 17.0. The second kappa shape index (κ2) is 7.45. The molecule has 4 nitrogen and oxygen atoms in total. The predicted molar refractivity (Wildman–Crippen MR) is 95.8 cm³/mol. The van der Waals surface area contributed by atoms with Gasteiger partial charge in [0.1, 0.15) is 23.4 Å². The van der Waals surface area contributed by atoms with Crippen molar-refractivity contribution in [2.75, 3.05) is 26.3 Å². The number of ether oxygens (including phenoxy) is 2.